The Bertz CT molecular complexity index is 737. The molecule has 0 aliphatic heterocycles. The first-order valence-corrected chi connectivity index (χ1v) is 7.90. The summed E-state index contributed by atoms with van der Waals surface area (Å²) >= 11 is 1.50. The molecule has 1 N–H and O–H groups in total. The number of benzene rings is 2. The minimum atomic E-state index is -0.0440. The zero-order chi connectivity index (χ0) is 15.4. The Morgan fingerprint density at radius 3 is 2.64 bits per heavy atom. The van der Waals surface area contributed by atoms with Crippen molar-refractivity contribution in [3.8, 4) is 0 Å². The van der Waals surface area contributed by atoms with Crippen molar-refractivity contribution in [3.63, 3.8) is 0 Å². The van der Waals surface area contributed by atoms with Gasteiger partial charge in [-0.05, 0) is 24.7 Å². The number of anilines is 1. The van der Waals surface area contributed by atoms with Crippen molar-refractivity contribution in [2.24, 2.45) is 0 Å². The Labute approximate surface area is 133 Å². The lowest BCUT2D eigenvalue weighted by Crippen LogP contribution is -2.29. The van der Waals surface area contributed by atoms with E-state index in [0.29, 0.717) is 11.7 Å². The molecule has 0 spiro atoms. The van der Waals surface area contributed by atoms with Crippen molar-refractivity contribution < 1.29 is 4.79 Å². The summed E-state index contributed by atoms with van der Waals surface area (Å²) in [7, 11) is 1.94. The normalized spacial score (nSPS) is 11.0. The number of carbonyl (C=O) groups excluding carboxylic acids is 1. The molecule has 0 fully saturated rings. The Kier molecular flexibility index (Phi) is 4.46. The lowest BCUT2D eigenvalue weighted by molar-refractivity contribution is -0.117. The molecule has 0 bridgehead atoms. The molecule has 112 valence electrons. The van der Waals surface area contributed by atoms with Crippen LogP contribution >= 0.6 is 11.3 Å². The Balaban J connectivity index is 1.57. The highest BCUT2D eigenvalue weighted by Crippen LogP contribution is 2.25. The molecular weight excluding hydrogens is 294 g/mol. The zero-order valence-electron chi connectivity index (χ0n) is 12.3. The van der Waals surface area contributed by atoms with Gasteiger partial charge in [-0.2, -0.15) is 0 Å². The number of carbonyl (C=O) groups is 1. The summed E-state index contributed by atoms with van der Waals surface area (Å²) in [4.78, 5) is 18.5. The van der Waals surface area contributed by atoms with Crippen molar-refractivity contribution >= 4 is 32.6 Å². The van der Waals surface area contributed by atoms with Gasteiger partial charge < -0.3 is 5.32 Å². The number of thiazole rings is 1. The predicted octanol–water partition coefficient (Wildman–Crippen LogP) is 3.37. The molecule has 0 aliphatic rings. The largest absolute Gasteiger partial charge is 0.301 e. The highest BCUT2D eigenvalue weighted by atomic mass is 32.1. The van der Waals surface area contributed by atoms with Crippen LogP contribution in [0, 0.1) is 0 Å². The second kappa shape index (κ2) is 6.68. The Hall–Kier alpha value is -2.24. The van der Waals surface area contributed by atoms with Gasteiger partial charge >= 0.3 is 0 Å². The molecule has 2 aromatic carbocycles. The molecule has 0 atom stereocenters. The summed E-state index contributed by atoms with van der Waals surface area (Å²) in [5, 5.41) is 3.53. The molecule has 22 heavy (non-hydrogen) atoms. The first-order chi connectivity index (χ1) is 10.7. The SMILES string of the molecule is CN(CC(=O)Nc1nc2ccccc2s1)Cc1ccccc1. The van der Waals surface area contributed by atoms with Gasteiger partial charge in [-0.1, -0.05) is 53.8 Å². The van der Waals surface area contributed by atoms with Crippen LogP contribution in [0.2, 0.25) is 0 Å². The fourth-order valence-corrected chi connectivity index (χ4v) is 3.16. The minimum absolute atomic E-state index is 0.0440. The molecule has 1 heterocycles. The summed E-state index contributed by atoms with van der Waals surface area (Å²) in [6, 6.07) is 18.0. The quantitative estimate of drug-likeness (QED) is 0.786. The topological polar surface area (TPSA) is 45.2 Å². The molecule has 0 saturated heterocycles. The van der Waals surface area contributed by atoms with Crippen LogP contribution in [0.15, 0.2) is 54.6 Å². The second-order valence-corrected chi connectivity index (χ2v) is 6.22. The first-order valence-electron chi connectivity index (χ1n) is 7.08. The van der Waals surface area contributed by atoms with Gasteiger partial charge in [0.2, 0.25) is 5.91 Å². The number of likely N-dealkylation sites (N-methyl/N-ethyl adjacent to an activating group) is 1. The molecule has 0 aliphatic carbocycles. The molecule has 1 amide bonds. The number of nitrogens with one attached hydrogen (secondary N) is 1. The van der Waals surface area contributed by atoms with Gasteiger partial charge in [-0.15, -0.1) is 0 Å². The summed E-state index contributed by atoms with van der Waals surface area (Å²) in [5.41, 5.74) is 2.11. The van der Waals surface area contributed by atoms with E-state index in [1.54, 1.807) is 0 Å². The van der Waals surface area contributed by atoms with Crippen molar-refractivity contribution in [2.45, 2.75) is 6.54 Å². The van der Waals surface area contributed by atoms with E-state index in [9.17, 15) is 4.79 Å². The van der Waals surface area contributed by atoms with Crippen LogP contribution < -0.4 is 5.32 Å². The van der Waals surface area contributed by atoms with Crippen LogP contribution in [0.1, 0.15) is 5.56 Å². The average molecular weight is 311 g/mol. The predicted molar refractivity (Wildman–Crippen MR) is 91.0 cm³/mol. The van der Waals surface area contributed by atoms with Gasteiger partial charge in [0, 0.05) is 6.54 Å². The van der Waals surface area contributed by atoms with E-state index < -0.39 is 0 Å². The minimum Gasteiger partial charge on any atom is -0.301 e. The standard InChI is InChI=1S/C17H17N3OS/c1-20(11-13-7-3-2-4-8-13)12-16(21)19-17-18-14-9-5-6-10-15(14)22-17/h2-10H,11-12H2,1H3,(H,18,19,21). The number of fused-ring (bicyclic) bond motifs is 1. The van der Waals surface area contributed by atoms with E-state index in [1.807, 2.05) is 54.4 Å². The summed E-state index contributed by atoms with van der Waals surface area (Å²) in [6.07, 6.45) is 0. The molecule has 3 rings (SSSR count). The monoisotopic (exact) mass is 311 g/mol. The van der Waals surface area contributed by atoms with Gasteiger partial charge in [0.1, 0.15) is 0 Å². The summed E-state index contributed by atoms with van der Waals surface area (Å²) in [5.74, 6) is -0.0440. The van der Waals surface area contributed by atoms with Crippen molar-refractivity contribution in [3.05, 3.63) is 60.2 Å². The molecule has 1 aromatic heterocycles. The van der Waals surface area contributed by atoms with E-state index >= 15 is 0 Å². The Morgan fingerprint density at radius 2 is 1.86 bits per heavy atom. The molecule has 3 aromatic rings. The molecular formula is C17H17N3OS. The smallest absolute Gasteiger partial charge is 0.240 e. The third kappa shape index (κ3) is 3.69. The van der Waals surface area contributed by atoms with Gasteiger partial charge in [-0.3, -0.25) is 9.69 Å². The van der Waals surface area contributed by atoms with E-state index in [0.717, 1.165) is 16.8 Å². The third-order valence-electron chi connectivity index (χ3n) is 3.25. The molecule has 0 radical (unpaired) electrons. The highest BCUT2D eigenvalue weighted by molar-refractivity contribution is 7.22. The first kappa shape index (κ1) is 14.7. The van der Waals surface area contributed by atoms with E-state index in [4.69, 9.17) is 0 Å². The maximum atomic E-state index is 12.1. The van der Waals surface area contributed by atoms with Crippen LogP contribution in [0.25, 0.3) is 10.2 Å². The van der Waals surface area contributed by atoms with Crippen LogP contribution in [0.5, 0.6) is 0 Å². The van der Waals surface area contributed by atoms with Crippen LogP contribution in [0.3, 0.4) is 0 Å². The maximum Gasteiger partial charge on any atom is 0.240 e. The second-order valence-electron chi connectivity index (χ2n) is 5.19. The number of hydrogen-bond acceptors (Lipinski definition) is 4. The fraction of sp³-hybridized carbons (Fsp3) is 0.176. The number of rotatable bonds is 5. The number of amides is 1. The van der Waals surface area contributed by atoms with Gasteiger partial charge in [0.15, 0.2) is 5.13 Å². The van der Waals surface area contributed by atoms with Crippen LogP contribution in [0.4, 0.5) is 5.13 Å². The van der Waals surface area contributed by atoms with Crippen molar-refractivity contribution in [1.29, 1.82) is 0 Å². The average Bonchev–Trinajstić information content (AvgIpc) is 2.89. The molecule has 0 saturated carbocycles. The molecule has 4 nitrogen and oxygen atoms in total. The van der Waals surface area contributed by atoms with Gasteiger partial charge in [0.05, 0.1) is 16.8 Å². The van der Waals surface area contributed by atoms with E-state index in [2.05, 4.69) is 22.4 Å². The highest BCUT2D eigenvalue weighted by Gasteiger charge is 2.10. The number of aromatic nitrogens is 1. The lowest BCUT2D eigenvalue weighted by atomic mass is 10.2. The van der Waals surface area contributed by atoms with Crippen LogP contribution in [-0.4, -0.2) is 29.4 Å². The number of para-hydroxylation sites is 1. The van der Waals surface area contributed by atoms with Gasteiger partial charge in [0.25, 0.3) is 0 Å². The van der Waals surface area contributed by atoms with E-state index in [-0.39, 0.29) is 5.91 Å². The zero-order valence-corrected chi connectivity index (χ0v) is 13.1. The maximum absolute atomic E-state index is 12.1. The molecule has 0 unspecified atom stereocenters. The molecule has 5 heteroatoms. The summed E-state index contributed by atoms with van der Waals surface area (Å²) in [6.45, 7) is 1.08. The van der Waals surface area contributed by atoms with E-state index in [1.165, 1.54) is 16.9 Å². The fourth-order valence-electron chi connectivity index (χ4n) is 2.28. The van der Waals surface area contributed by atoms with Crippen molar-refractivity contribution in [2.75, 3.05) is 18.9 Å². The number of hydrogen-bond donors (Lipinski definition) is 1. The third-order valence-corrected chi connectivity index (χ3v) is 4.20. The van der Waals surface area contributed by atoms with Crippen LogP contribution in [-0.2, 0) is 11.3 Å². The Morgan fingerprint density at radius 1 is 1.14 bits per heavy atom. The van der Waals surface area contributed by atoms with Crippen molar-refractivity contribution in [1.82, 2.24) is 9.88 Å². The lowest BCUT2D eigenvalue weighted by Gasteiger charge is -2.15. The van der Waals surface area contributed by atoms with Gasteiger partial charge in [-0.25, -0.2) is 4.98 Å². The summed E-state index contributed by atoms with van der Waals surface area (Å²) < 4.78 is 1.08. The number of nitrogens with zero attached hydrogens (tertiary/aromatic N) is 2.